The van der Waals surface area contributed by atoms with E-state index < -0.39 is 17.4 Å². The van der Waals surface area contributed by atoms with E-state index in [2.05, 4.69) is 0 Å². The summed E-state index contributed by atoms with van der Waals surface area (Å²) in [6.45, 7) is 4.61. The van der Waals surface area contributed by atoms with E-state index in [0.717, 1.165) is 17.7 Å². The highest BCUT2D eigenvalue weighted by Gasteiger charge is 2.67. The summed E-state index contributed by atoms with van der Waals surface area (Å²) in [6.07, 6.45) is 4.21. The van der Waals surface area contributed by atoms with Gasteiger partial charge in [-0.05, 0) is 37.1 Å². The van der Waals surface area contributed by atoms with Crippen LogP contribution >= 0.6 is 11.6 Å². The molecule has 5 nitrogen and oxygen atoms in total. The first-order chi connectivity index (χ1) is 12.0. The quantitative estimate of drug-likeness (QED) is 0.611. The Morgan fingerprint density at radius 2 is 2.28 bits per heavy atom. The van der Waals surface area contributed by atoms with Crippen LogP contribution in [0.15, 0.2) is 30.4 Å². The lowest BCUT2D eigenvalue weighted by Gasteiger charge is -2.22. The lowest BCUT2D eigenvalue weighted by Crippen LogP contribution is -2.40. The average molecular weight is 362 g/mol. The molecule has 0 aliphatic carbocycles. The standard InChI is InChI=1S/C19H20ClNO4/c1-3-8-24-18(23)15-14-6-7-19(25-14)10-21(17(22)16(15)19)12-4-5-13(20)11(2)9-12/h4-7,9,14-16H,3,8,10H2,1-2H3/t14-,15-,16-,19+/m0/s1. The Bertz CT molecular complexity index is 777. The van der Waals surface area contributed by atoms with Gasteiger partial charge in [0.25, 0.3) is 0 Å². The van der Waals surface area contributed by atoms with Crippen LogP contribution in [-0.4, -0.2) is 36.7 Å². The number of halogens is 1. The number of aryl methyl sites for hydroxylation is 1. The Morgan fingerprint density at radius 1 is 1.48 bits per heavy atom. The minimum absolute atomic E-state index is 0.0907. The molecule has 0 N–H and O–H groups in total. The maximum atomic E-state index is 13.1. The summed E-state index contributed by atoms with van der Waals surface area (Å²) >= 11 is 6.09. The number of benzene rings is 1. The van der Waals surface area contributed by atoms with Gasteiger partial charge in [0.2, 0.25) is 5.91 Å². The van der Waals surface area contributed by atoms with E-state index in [1.54, 1.807) is 11.0 Å². The Morgan fingerprint density at radius 3 is 3.00 bits per heavy atom. The molecule has 4 atom stereocenters. The fourth-order valence-electron chi connectivity index (χ4n) is 4.08. The van der Waals surface area contributed by atoms with E-state index in [0.29, 0.717) is 18.2 Å². The molecule has 0 saturated carbocycles. The molecule has 3 heterocycles. The van der Waals surface area contributed by atoms with Crippen LogP contribution in [0.2, 0.25) is 5.02 Å². The van der Waals surface area contributed by atoms with E-state index in [9.17, 15) is 9.59 Å². The van der Waals surface area contributed by atoms with Crippen molar-refractivity contribution < 1.29 is 19.1 Å². The van der Waals surface area contributed by atoms with Gasteiger partial charge in [-0.25, -0.2) is 0 Å². The maximum Gasteiger partial charge on any atom is 0.312 e. The van der Waals surface area contributed by atoms with Crippen LogP contribution in [0.4, 0.5) is 5.69 Å². The Hall–Kier alpha value is -1.85. The number of esters is 1. The Labute approximate surface area is 151 Å². The molecule has 0 radical (unpaired) electrons. The van der Waals surface area contributed by atoms with Gasteiger partial charge in [-0.15, -0.1) is 0 Å². The van der Waals surface area contributed by atoms with Gasteiger partial charge in [0.05, 0.1) is 25.2 Å². The lowest BCUT2D eigenvalue weighted by molar-refractivity contribution is -0.152. The molecule has 3 aliphatic heterocycles. The molecule has 4 rings (SSSR count). The van der Waals surface area contributed by atoms with Crippen LogP contribution in [0.3, 0.4) is 0 Å². The molecular formula is C19H20ClNO4. The number of nitrogens with zero attached hydrogens (tertiary/aromatic N) is 1. The van der Waals surface area contributed by atoms with E-state index in [-0.39, 0.29) is 18.0 Å². The predicted molar refractivity (Wildman–Crippen MR) is 93.5 cm³/mol. The highest BCUT2D eigenvalue weighted by molar-refractivity contribution is 6.31. The molecule has 2 saturated heterocycles. The molecular weight excluding hydrogens is 342 g/mol. The lowest BCUT2D eigenvalue weighted by atomic mass is 9.77. The monoisotopic (exact) mass is 361 g/mol. The van der Waals surface area contributed by atoms with Crippen molar-refractivity contribution in [2.75, 3.05) is 18.1 Å². The van der Waals surface area contributed by atoms with Crippen molar-refractivity contribution in [3.05, 3.63) is 40.9 Å². The van der Waals surface area contributed by atoms with Crippen LogP contribution in [0.1, 0.15) is 18.9 Å². The van der Waals surface area contributed by atoms with E-state index in [4.69, 9.17) is 21.1 Å². The number of fused-ring (bicyclic) bond motifs is 1. The van der Waals surface area contributed by atoms with E-state index >= 15 is 0 Å². The first-order valence-electron chi connectivity index (χ1n) is 8.58. The molecule has 25 heavy (non-hydrogen) atoms. The summed E-state index contributed by atoms with van der Waals surface area (Å²) in [5.74, 6) is -1.53. The fraction of sp³-hybridized carbons (Fsp3) is 0.474. The molecule has 3 aliphatic rings. The SMILES string of the molecule is CCCOC(=O)[C@H]1[C@@H]2C=C[C@]3(CN(c4ccc(Cl)c(C)c4)C(=O)[C@H]13)O2. The summed E-state index contributed by atoms with van der Waals surface area (Å²) in [6, 6.07) is 5.50. The minimum atomic E-state index is -0.731. The zero-order valence-corrected chi connectivity index (χ0v) is 15.0. The first kappa shape index (κ1) is 16.6. The van der Waals surface area contributed by atoms with Crippen LogP contribution < -0.4 is 4.90 Å². The number of anilines is 1. The van der Waals surface area contributed by atoms with Crippen molar-refractivity contribution in [2.24, 2.45) is 11.8 Å². The number of amides is 1. The predicted octanol–water partition coefficient (Wildman–Crippen LogP) is 2.89. The van der Waals surface area contributed by atoms with Crippen molar-refractivity contribution in [3.8, 4) is 0 Å². The van der Waals surface area contributed by atoms with Crippen LogP contribution in [0.25, 0.3) is 0 Å². The number of hydrogen-bond acceptors (Lipinski definition) is 4. The summed E-state index contributed by atoms with van der Waals surface area (Å²) in [4.78, 5) is 27.3. The molecule has 132 valence electrons. The van der Waals surface area contributed by atoms with Crippen molar-refractivity contribution in [1.82, 2.24) is 0 Å². The van der Waals surface area contributed by atoms with Crippen molar-refractivity contribution in [1.29, 1.82) is 0 Å². The molecule has 2 bridgehead atoms. The first-order valence-corrected chi connectivity index (χ1v) is 8.96. The molecule has 2 fully saturated rings. The van der Waals surface area contributed by atoms with Crippen molar-refractivity contribution in [3.63, 3.8) is 0 Å². The second-order valence-corrected chi connectivity index (χ2v) is 7.33. The number of hydrogen-bond donors (Lipinski definition) is 0. The van der Waals surface area contributed by atoms with Gasteiger partial charge >= 0.3 is 5.97 Å². The van der Waals surface area contributed by atoms with Crippen LogP contribution in [0.5, 0.6) is 0 Å². The third-order valence-electron chi connectivity index (χ3n) is 5.27. The van der Waals surface area contributed by atoms with Gasteiger partial charge < -0.3 is 14.4 Å². The number of carbonyl (C=O) groups excluding carboxylic acids is 2. The third kappa shape index (κ3) is 2.41. The van der Waals surface area contributed by atoms with E-state index in [1.165, 1.54) is 0 Å². The molecule has 6 heteroatoms. The van der Waals surface area contributed by atoms with Gasteiger partial charge in [0.15, 0.2) is 0 Å². The highest BCUT2D eigenvalue weighted by atomic mass is 35.5. The molecule has 1 spiro atoms. The van der Waals surface area contributed by atoms with Crippen LogP contribution in [0, 0.1) is 18.8 Å². The zero-order valence-electron chi connectivity index (χ0n) is 14.2. The largest absolute Gasteiger partial charge is 0.465 e. The van der Waals surface area contributed by atoms with Gasteiger partial charge in [-0.1, -0.05) is 30.7 Å². The average Bonchev–Trinajstić information content (AvgIpc) is 3.23. The second-order valence-electron chi connectivity index (χ2n) is 6.93. The molecule has 1 amide bonds. The van der Waals surface area contributed by atoms with Gasteiger partial charge in [-0.2, -0.15) is 0 Å². The topological polar surface area (TPSA) is 55.8 Å². The van der Waals surface area contributed by atoms with Gasteiger partial charge in [0, 0.05) is 10.7 Å². The molecule has 1 aromatic carbocycles. The fourth-order valence-corrected chi connectivity index (χ4v) is 4.20. The molecule has 0 aromatic heterocycles. The van der Waals surface area contributed by atoms with Gasteiger partial charge in [0.1, 0.15) is 11.5 Å². The molecule has 1 aromatic rings. The van der Waals surface area contributed by atoms with Crippen LogP contribution in [-0.2, 0) is 19.1 Å². The number of ether oxygens (including phenoxy) is 2. The summed E-state index contributed by atoms with van der Waals surface area (Å²) in [5.41, 5.74) is 0.948. The van der Waals surface area contributed by atoms with Crippen molar-refractivity contribution in [2.45, 2.75) is 32.0 Å². The summed E-state index contributed by atoms with van der Waals surface area (Å²) in [5, 5.41) is 0.659. The number of rotatable bonds is 4. The second kappa shape index (κ2) is 5.85. The Kier molecular flexibility index (Phi) is 3.89. The zero-order chi connectivity index (χ0) is 17.8. The maximum absolute atomic E-state index is 13.1. The molecule has 0 unspecified atom stereocenters. The van der Waals surface area contributed by atoms with E-state index in [1.807, 2.05) is 38.1 Å². The highest BCUT2D eigenvalue weighted by Crippen LogP contribution is 2.53. The minimum Gasteiger partial charge on any atom is -0.465 e. The third-order valence-corrected chi connectivity index (χ3v) is 5.70. The smallest absolute Gasteiger partial charge is 0.312 e. The normalized spacial score (nSPS) is 32.4. The number of carbonyl (C=O) groups is 2. The van der Waals surface area contributed by atoms with Crippen molar-refractivity contribution >= 4 is 29.2 Å². The Balaban J connectivity index is 1.65. The summed E-state index contributed by atoms with van der Waals surface area (Å²) in [7, 11) is 0. The summed E-state index contributed by atoms with van der Waals surface area (Å²) < 4.78 is 11.4. The van der Waals surface area contributed by atoms with Gasteiger partial charge in [-0.3, -0.25) is 9.59 Å².